The molecule has 0 spiro atoms. The second-order valence-electron chi connectivity index (χ2n) is 11.5. The minimum Gasteiger partial charge on any atom is -0.336 e. The van der Waals surface area contributed by atoms with Crippen LogP contribution in [0.2, 0.25) is 0 Å². The third-order valence-corrected chi connectivity index (χ3v) is 8.75. The second kappa shape index (κ2) is 11.2. The van der Waals surface area contributed by atoms with Crippen LogP contribution in [-0.4, -0.2) is 75.7 Å². The number of aromatic nitrogens is 4. The van der Waals surface area contributed by atoms with E-state index in [1.807, 2.05) is 25.4 Å². The SMILES string of the molecule is CN1CCc2c(c(Nc3ccc(-c4cnn(C)c4)cc3F)nn2C2CCN(CCC3CCNCC3)CC2)C1. The van der Waals surface area contributed by atoms with Crippen LogP contribution in [0.15, 0.2) is 30.6 Å². The number of aryl methyl sites for hydroxylation is 1. The third kappa shape index (κ3) is 5.51. The molecule has 3 aliphatic rings. The van der Waals surface area contributed by atoms with Gasteiger partial charge in [0.2, 0.25) is 0 Å². The van der Waals surface area contributed by atoms with E-state index in [2.05, 4.69) is 37.3 Å². The lowest BCUT2D eigenvalue weighted by atomic mass is 9.94. The molecule has 204 valence electrons. The van der Waals surface area contributed by atoms with Crippen LogP contribution >= 0.6 is 0 Å². The van der Waals surface area contributed by atoms with Gasteiger partial charge in [-0.15, -0.1) is 0 Å². The highest BCUT2D eigenvalue weighted by atomic mass is 19.1. The first-order valence-corrected chi connectivity index (χ1v) is 14.3. The molecule has 2 N–H and O–H groups in total. The van der Waals surface area contributed by atoms with Gasteiger partial charge in [-0.2, -0.15) is 10.2 Å². The van der Waals surface area contributed by atoms with Gasteiger partial charge in [0.1, 0.15) is 5.82 Å². The minimum atomic E-state index is -0.277. The van der Waals surface area contributed by atoms with Crippen molar-refractivity contribution in [1.29, 1.82) is 0 Å². The van der Waals surface area contributed by atoms with Gasteiger partial charge in [-0.1, -0.05) is 6.07 Å². The van der Waals surface area contributed by atoms with E-state index in [4.69, 9.17) is 5.10 Å². The number of benzene rings is 1. The molecule has 2 fully saturated rings. The largest absolute Gasteiger partial charge is 0.336 e. The molecule has 0 atom stereocenters. The van der Waals surface area contributed by atoms with Gasteiger partial charge in [0.25, 0.3) is 0 Å². The Bertz CT molecular complexity index is 1240. The molecule has 9 heteroatoms. The molecule has 0 aliphatic carbocycles. The Morgan fingerprint density at radius 3 is 2.61 bits per heavy atom. The lowest BCUT2D eigenvalue weighted by Gasteiger charge is -2.34. The Hall–Kier alpha value is -2.75. The third-order valence-electron chi connectivity index (χ3n) is 8.75. The number of nitrogens with one attached hydrogen (secondary N) is 2. The Morgan fingerprint density at radius 1 is 1.05 bits per heavy atom. The highest BCUT2D eigenvalue weighted by Crippen LogP contribution is 2.34. The normalized spacial score (nSPS) is 20.1. The predicted octanol–water partition coefficient (Wildman–Crippen LogP) is 4.18. The van der Waals surface area contributed by atoms with Gasteiger partial charge in [-0.3, -0.25) is 9.36 Å². The van der Waals surface area contributed by atoms with Crippen molar-refractivity contribution in [2.24, 2.45) is 13.0 Å². The lowest BCUT2D eigenvalue weighted by Crippen LogP contribution is -2.38. The van der Waals surface area contributed by atoms with Gasteiger partial charge in [-0.25, -0.2) is 4.39 Å². The molecule has 38 heavy (non-hydrogen) atoms. The van der Waals surface area contributed by atoms with Gasteiger partial charge < -0.3 is 20.4 Å². The molecule has 0 unspecified atom stereocenters. The number of hydrogen-bond donors (Lipinski definition) is 2. The van der Waals surface area contributed by atoms with Crippen LogP contribution < -0.4 is 10.6 Å². The van der Waals surface area contributed by atoms with Crippen molar-refractivity contribution >= 4 is 11.5 Å². The fraction of sp³-hybridized carbons (Fsp3) is 0.586. The van der Waals surface area contributed by atoms with Crippen molar-refractivity contribution < 1.29 is 4.39 Å². The van der Waals surface area contributed by atoms with Crippen molar-refractivity contribution in [3.05, 3.63) is 47.7 Å². The van der Waals surface area contributed by atoms with Crippen LogP contribution in [0.1, 0.15) is 49.4 Å². The average Bonchev–Trinajstić information content (AvgIpc) is 3.53. The van der Waals surface area contributed by atoms with E-state index >= 15 is 4.39 Å². The molecule has 0 radical (unpaired) electrons. The van der Waals surface area contributed by atoms with Crippen LogP contribution in [0.5, 0.6) is 0 Å². The van der Waals surface area contributed by atoms with Crippen molar-refractivity contribution in [2.45, 2.75) is 51.1 Å². The van der Waals surface area contributed by atoms with Crippen LogP contribution in [0.25, 0.3) is 11.1 Å². The standard InChI is InChI=1S/C29H41FN8/c1-35-13-10-28-25(20-35)29(33-27-4-3-22(17-26(27)30)23-18-32-36(2)19-23)34-38(28)24-8-15-37(16-9-24)14-7-21-5-11-31-12-6-21/h3-4,17-19,21,24,31H,5-16,20H2,1-2H3,(H,33,34). The second-order valence-corrected chi connectivity index (χ2v) is 11.5. The molecular weight excluding hydrogens is 479 g/mol. The zero-order valence-corrected chi connectivity index (χ0v) is 22.8. The summed E-state index contributed by atoms with van der Waals surface area (Å²) in [6.45, 7) is 7.72. The van der Waals surface area contributed by atoms with Crippen LogP contribution in [0.3, 0.4) is 0 Å². The number of fused-ring (bicyclic) bond motifs is 1. The summed E-state index contributed by atoms with van der Waals surface area (Å²) in [4.78, 5) is 4.98. The summed E-state index contributed by atoms with van der Waals surface area (Å²) in [7, 11) is 4.01. The van der Waals surface area contributed by atoms with E-state index in [0.29, 0.717) is 11.7 Å². The molecule has 3 aliphatic heterocycles. The Kier molecular flexibility index (Phi) is 7.50. The fourth-order valence-corrected chi connectivity index (χ4v) is 6.40. The Balaban J connectivity index is 1.15. The highest BCUT2D eigenvalue weighted by Gasteiger charge is 2.29. The van der Waals surface area contributed by atoms with Crippen molar-refractivity contribution in [2.75, 3.05) is 51.6 Å². The van der Waals surface area contributed by atoms with Crippen LogP contribution in [0, 0.1) is 11.7 Å². The fourth-order valence-electron chi connectivity index (χ4n) is 6.40. The quantitative estimate of drug-likeness (QED) is 0.487. The monoisotopic (exact) mass is 520 g/mol. The average molecular weight is 521 g/mol. The number of piperidine rings is 2. The van der Waals surface area contributed by atoms with Gasteiger partial charge in [0, 0.05) is 62.7 Å². The molecule has 1 aromatic carbocycles. The maximum absolute atomic E-state index is 15.2. The van der Waals surface area contributed by atoms with E-state index in [1.54, 1.807) is 16.9 Å². The first-order valence-electron chi connectivity index (χ1n) is 14.3. The summed E-state index contributed by atoms with van der Waals surface area (Å²) in [6.07, 6.45) is 10.9. The van der Waals surface area contributed by atoms with E-state index in [0.717, 1.165) is 68.3 Å². The van der Waals surface area contributed by atoms with E-state index < -0.39 is 0 Å². The number of rotatable bonds is 7. The number of anilines is 2. The number of likely N-dealkylation sites (tertiary alicyclic amines) is 1. The summed E-state index contributed by atoms with van der Waals surface area (Å²) in [5, 5.41) is 16.1. The Labute approximate surface area is 225 Å². The molecule has 5 heterocycles. The zero-order valence-electron chi connectivity index (χ0n) is 22.8. The number of hydrogen-bond acceptors (Lipinski definition) is 6. The molecule has 3 aromatic rings. The smallest absolute Gasteiger partial charge is 0.157 e. The van der Waals surface area contributed by atoms with Gasteiger partial charge in [0.15, 0.2) is 5.82 Å². The van der Waals surface area contributed by atoms with Gasteiger partial charge in [-0.05, 0) is 82.4 Å². The number of halogens is 1. The van der Waals surface area contributed by atoms with E-state index in [-0.39, 0.29) is 5.82 Å². The topological polar surface area (TPSA) is 66.2 Å². The number of nitrogens with zero attached hydrogens (tertiary/aromatic N) is 6. The Morgan fingerprint density at radius 2 is 1.87 bits per heavy atom. The first kappa shape index (κ1) is 25.5. The van der Waals surface area contributed by atoms with Crippen molar-refractivity contribution in [3.8, 4) is 11.1 Å². The molecule has 0 saturated carbocycles. The maximum atomic E-state index is 15.2. The number of likely N-dealkylation sites (N-methyl/N-ethyl adjacent to an activating group) is 1. The molecule has 0 amide bonds. The van der Waals surface area contributed by atoms with Crippen molar-refractivity contribution in [1.82, 2.24) is 34.7 Å². The minimum absolute atomic E-state index is 0.277. The van der Waals surface area contributed by atoms with Crippen LogP contribution in [-0.2, 0) is 20.0 Å². The summed E-state index contributed by atoms with van der Waals surface area (Å²) < 4.78 is 19.2. The summed E-state index contributed by atoms with van der Waals surface area (Å²) in [5.41, 5.74) is 4.73. The maximum Gasteiger partial charge on any atom is 0.157 e. The molecule has 2 aromatic heterocycles. The van der Waals surface area contributed by atoms with E-state index in [1.165, 1.54) is 50.2 Å². The molecule has 0 bridgehead atoms. The highest BCUT2D eigenvalue weighted by molar-refractivity contribution is 5.68. The first-order chi connectivity index (χ1) is 18.5. The summed E-state index contributed by atoms with van der Waals surface area (Å²) in [6, 6.07) is 5.75. The zero-order chi connectivity index (χ0) is 26.1. The van der Waals surface area contributed by atoms with Gasteiger partial charge >= 0.3 is 0 Å². The summed E-state index contributed by atoms with van der Waals surface area (Å²) >= 11 is 0. The molecule has 8 nitrogen and oxygen atoms in total. The van der Waals surface area contributed by atoms with Gasteiger partial charge in [0.05, 0.1) is 17.9 Å². The lowest BCUT2D eigenvalue weighted by molar-refractivity contribution is 0.163. The van der Waals surface area contributed by atoms with E-state index in [9.17, 15) is 0 Å². The predicted molar refractivity (Wildman–Crippen MR) is 149 cm³/mol. The molecule has 2 saturated heterocycles. The molecule has 6 rings (SSSR count). The van der Waals surface area contributed by atoms with Crippen LogP contribution in [0.4, 0.5) is 15.9 Å². The van der Waals surface area contributed by atoms with Crippen molar-refractivity contribution in [3.63, 3.8) is 0 Å². The molecular formula is C29H41FN8. The summed E-state index contributed by atoms with van der Waals surface area (Å²) in [5.74, 6) is 1.41.